The van der Waals surface area contributed by atoms with Crippen molar-refractivity contribution in [1.82, 2.24) is 0 Å². The van der Waals surface area contributed by atoms with Crippen molar-refractivity contribution in [3.05, 3.63) is 83.4 Å². The first kappa shape index (κ1) is 14.4. The Morgan fingerprint density at radius 1 is 0.773 bits per heavy atom. The molecular formula is C19H16N2S. The van der Waals surface area contributed by atoms with Crippen molar-refractivity contribution in [1.29, 1.82) is 0 Å². The molecule has 3 aromatic rings. The molecule has 0 unspecified atom stereocenters. The van der Waals surface area contributed by atoms with Crippen LogP contribution in [-0.2, 0) is 0 Å². The lowest BCUT2D eigenvalue weighted by molar-refractivity contribution is 1.47. The molecule has 2 nitrogen and oxygen atoms in total. The average Bonchev–Trinajstić information content (AvgIpc) is 2.93. The van der Waals surface area contributed by atoms with Crippen molar-refractivity contribution >= 4 is 33.8 Å². The normalized spacial score (nSPS) is 11.5. The van der Waals surface area contributed by atoms with Gasteiger partial charge in [-0.3, -0.25) is 0 Å². The molecule has 0 saturated carbocycles. The first-order valence-corrected chi connectivity index (χ1v) is 7.91. The summed E-state index contributed by atoms with van der Waals surface area (Å²) >= 11 is 1.60. The first-order valence-electron chi connectivity index (χ1n) is 7.10. The Kier molecular flexibility index (Phi) is 4.56. The summed E-state index contributed by atoms with van der Waals surface area (Å²) in [6.07, 6.45) is 3.78. The van der Waals surface area contributed by atoms with Gasteiger partial charge in [-0.05, 0) is 29.7 Å². The van der Waals surface area contributed by atoms with Crippen LogP contribution in [-0.4, -0.2) is 12.4 Å². The minimum atomic E-state index is 0.974. The molecule has 3 heteroatoms. The molecule has 22 heavy (non-hydrogen) atoms. The minimum Gasteiger partial charge on any atom is -0.245 e. The van der Waals surface area contributed by atoms with Gasteiger partial charge >= 0.3 is 0 Å². The van der Waals surface area contributed by atoms with E-state index in [0.717, 1.165) is 26.7 Å². The number of nitrogens with zero attached hydrogens (tertiary/aromatic N) is 2. The van der Waals surface area contributed by atoms with Gasteiger partial charge in [0.2, 0.25) is 0 Å². The third kappa shape index (κ3) is 3.77. The van der Waals surface area contributed by atoms with Crippen LogP contribution in [0.3, 0.4) is 0 Å². The monoisotopic (exact) mass is 304 g/mol. The molecule has 0 fully saturated rings. The fourth-order valence-corrected chi connectivity index (χ4v) is 2.86. The SMILES string of the molecule is Cc1cc(/N=C/c2ccccc2)sc1/N=C/c1ccccc1. The quantitative estimate of drug-likeness (QED) is 0.564. The molecule has 0 atom stereocenters. The van der Waals surface area contributed by atoms with Crippen molar-refractivity contribution in [2.75, 3.05) is 0 Å². The molecule has 108 valence electrons. The number of thiophene rings is 1. The van der Waals surface area contributed by atoms with Gasteiger partial charge in [0.15, 0.2) is 0 Å². The predicted molar refractivity (Wildman–Crippen MR) is 96.4 cm³/mol. The molecule has 1 heterocycles. The molecule has 2 aromatic carbocycles. The van der Waals surface area contributed by atoms with Crippen LogP contribution < -0.4 is 0 Å². The van der Waals surface area contributed by atoms with Crippen molar-refractivity contribution in [3.8, 4) is 0 Å². The number of rotatable bonds is 4. The Labute approximate surface area is 134 Å². The zero-order valence-electron chi connectivity index (χ0n) is 12.3. The topological polar surface area (TPSA) is 24.7 Å². The van der Waals surface area contributed by atoms with E-state index in [1.165, 1.54) is 0 Å². The fraction of sp³-hybridized carbons (Fsp3) is 0.0526. The summed E-state index contributed by atoms with van der Waals surface area (Å²) in [6.45, 7) is 2.07. The number of aliphatic imine (C=N–C) groups is 2. The molecule has 0 saturated heterocycles. The second kappa shape index (κ2) is 6.96. The van der Waals surface area contributed by atoms with E-state index in [9.17, 15) is 0 Å². The summed E-state index contributed by atoms with van der Waals surface area (Å²) in [5.74, 6) is 0. The molecule has 0 radical (unpaired) electrons. The predicted octanol–water partition coefficient (Wildman–Crippen LogP) is 5.56. The van der Waals surface area contributed by atoms with Gasteiger partial charge in [-0.15, -0.1) is 0 Å². The van der Waals surface area contributed by atoms with Gasteiger partial charge in [0.1, 0.15) is 10.0 Å². The van der Waals surface area contributed by atoms with Gasteiger partial charge in [0.05, 0.1) is 0 Å². The van der Waals surface area contributed by atoms with Gasteiger partial charge in [-0.2, -0.15) is 0 Å². The molecular weight excluding hydrogens is 288 g/mol. The number of aryl methyl sites for hydroxylation is 1. The van der Waals surface area contributed by atoms with E-state index in [1.54, 1.807) is 11.3 Å². The van der Waals surface area contributed by atoms with Crippen LogP contribution in [0, 0.1) is 6.92 Å². The van der Waals surface area contributed by atoms with Crippen LogP contribution in [0.25, 0.3) is 0 Å². The van der Waals surface area contributed by atoms with Crippen LogP contribution in [0.5, 0.6) is 0 Å². The van der Waals surface area contributed by atoms with E-state index in [-0.39, 0.29) is 0 Å². The zero-order valence-corrected chi connectivity index (χ0v) is 13.1. The molecule has 0 spiro atoms. The third-order valence-electron chi connectivity index (χ3n) is 3.15. The Morgan fingerprint density at radius 3 is 1.91 bits per heavy atom. The van der Waals surface area contributed by atoms with Crippen LogP contribution in [0.1, 0.15) is 16.7 Å². The summed E-state index contributed by atoms with van der Waals surface area (Å²) in [7, 11) is 0. The molecule has 0 N–H and O–H groups in total. The summed E-state index contributed by atoms with van der Waals surface area (Å²) in [4.78, 5) is 9.10. The standard InChI is InChI=1S/C19H16N2S/c1-15-12-18(20-13-16-8-4-2-5-9-16)22-19(15)21-14-17-10-6-3-7-11-17/h2-14H,1H3/b20-13+,21-14+. The molecule has 0 amide bonds. The highest BCUT2D eigenvalue weighted by Gasteiger charge is 2.02. The van der Waals surface area contributed by atoms with Gasteiger partial charge in [-0.25, -0.2) is 9.98 Å². The first-order chi connectivity index (χ1) is 10.8. The number of benzene rings is 2. The molecule has 0 aliphatic rings. The van der Waals surface area contributed by atoms with Crippen molar-refractivity contribution in [2.24, 2.45) is 9.98 Å². The molecule has 0 aliphatic carbocycles. The molecule has 0 bridgehead atoms. The maximum absolute atomic E-state index is 4.57. The highest BCUT2D eigenvalue weighted by atomic mass is 32.1. The zero-order chi connectivity index (χ0) is 15.2. The van der Waals surface area contributed by atoms with Crippen LogP contribution in [0.4, 0.5) is 10.0 Å². The Balaban J connectivity index is 1.76. The van der Waals surface area contributed by atoms with E-state index in [1.807, 2.05) is 73.1 Å². The van der Waals surface area contributed by atoms with Crippen LogP contribution >= 0.6 is 11.3 Å². The molecule has 0 aliphatic heterocycles. The van der Waals surface area contributed by atoms with Crippen LogP contribution in [0.15, 0.2) is 76.7 Å². The lowest BCUT2D eigenvalue weighted by Gasteiger charge is -1.91. The van der Waals surface area contributed by atoms with Gasteiger partial charge in [0, 0.05) is 12.4 Å². The average molecular weight is 304 g/mol. The van der Waals surface area contributed by atoms with Crippen molar-refractivity contribution < 1.29 is 0 Å². The number of hydrogen-bond donors (Lipinski definition) is 0. The highest BCUT2D eigenvalue weighted by molar-refractivity contribution is 7.19. The second-order valence-electron chi connectivity index (χ2n) is 4.91. The Hall–Kier alpha value is -2.52. The van der Waals surface area contributed by atoms with Gasteiger partial charge in [-0.1, -0.05) is 72.0 Å². The van der Waals surface area contributed by atoms with Crippen molar-refractivity contribution in [2.45, 2.75) is 6.92 Å². The smallest absolute Gasteiger partial charge is 0.120 e. The summed E-state index contributed by atoms with van der Waals surface area (Å²) in [6, 6.07) is 22.3. The Morgan fingerprint density at radius 2 is 1.32 bits per heavy atom. The summed E-state index contributed by atoms with van der Waals surface area (Å²) in [5, 5.41) is 1.98. The number of hydrogen-bond acceptors (Lipinski definition) is 3. The Bertz CT molecular complexity index is 787. The highest BCUT2D eigenvalue weighted by Crippen LogP contribution is 2.35. The van der Waals surface area contributed by atoms with E-state index in [2.05, 4.69) is 23.0 Å². The molecule has 1 aromatic heterocycles. The van der Waals surface area contributed by atoms with Gasteiger partial charge < -0.3 is 0 Å². The fourth-order valence-electron chi connectivity index (χ4n) is 2.00. The largest absolute Gasteiger partial charge is 0.245 e. The maximum atomic E-state index is 4.57. The lowest BCUT2D eigenvalue weighted by Crippen LogP contribution is -1.77. The van der Waals surface area contributed by atoms with Crippen LogP contribution in [0.2, 0.25) is 0 Å². The third-order valence-corrected chi connectivity index (χ3v) is 4.20. The summed E-state index contributed by atoms with van der Waals surface area (Å²) in [5.41, 5.74) is 3.35. The maximum Gasteiger partial charge on any atom is 0.120 e. The van der Waals surface area contributed by atoms with E-state index >= 15 is 0 Å². The summed E-state index contributed by atoms with van der Waals surface area (Å²) < 4.78 is 0. The van der Waals surface area contributed by atoms with E-state index in [4.69, 9.17) is 0 Å². The van der Waals surface area contributed by atoms with Gasteiger partial charge in [0.25, 0.3) is 0 Å². The minimum absolute atomic E-state index is 0.974. The molecule has 3 rings (SSSR count). The van der Waals surface area contributed by atoms with E-state index in [0.29, 0.717) is 0 Å². The lowest BCUT2D eigenvalue weighted by atomic mass is 10.2. The van der Waals surface area contributed by atoms with E-state index < -0.39 is 0 Å². The van der Waals surface area contributed by atoms with Crippen molar-refractivity contribution in [3.63, 3.8) is 0 Å². The second-order valence-corrected chi connectivity index (χ2v) is 5.92.